The van der Waals surface area contributed by atoms with E-state index in [1.807, 2.05) is 32.5 Å². The number of rotatable bonds is 8. The molecule has 0 aliphatic rings. The molecule has 0 radical (unpaired) electrons. The molecule has 2 rings (SSSR count). The van der Waals surface area contributed by atoms with Crippen LogP contribution < -0.4 is 15.5 Å². The van der Waals surface area contributed by atoms with Crippen molar-refractivity contribution in [1.29, 1.82) is 0 Å². The number of urea groups is 1. The maximum absolute atomic E-state index is 13.3. The normalized spacial score (nSPS) is 12.1. The molecule has 0 saturated carbocycles. The molecule has 0 aliphatic heterocycles. The van der Waals surface area contributed by atoms with Crippen LogP contribution in [-0.4, -0.2) is 53.1 Å². The Hall–Kier alpha value is -2.46. The van der Waals surface area contributed by atoms with Gasteiger partial charge in [0.15, 0.2) is 11.0 Å². The SMILES string of the molecule is CCCNC(=O)NC(=O)CSc1nnc([C@H](C)[NH+](C)C)n1-c1ccc(F)cc1. The number of hydrogen-bond acceptors (Lipinski definition) is 5. The number of benzene rings is 1. The average molecular weight is 410 g/mol. The Morgan fingerprint density at radius 1 is 1.25 bits per heavy atom. The second kappa shape index (κ2) is 10.2. The molecule has 0 bridgehead atoms. The van der Waals surface area contributed by atoms with Crippen LogP contribution in [0.4, 0.5) is 9.18 Å². The standard InChI is InChI=1S/C18H25FN6O2S/c1-5-10-20-17(27)21-15(26)11-28-18-23-22-16(12(2)24(3)4)25(18)14-8-6-13(19)7-9-14/h6-9,12H,5,10-11H2,1-4H3,(H2,20,21,26,27)/p+1/t12-/m0/s1. The zero-order valence-electron chi connectivity index (χ0n) is 16.5. The van der Waals surface area contributed by atoms with E-state index in [-0.39, 0.29) is 17.6 Å². The number of carbonyl (C=O) groups excluding carboxylic acids is 2. The molecule has 0 spiro atoms. The fraction of sp³-hybridized carbons (Fsp3) is 0.444. The van der Waals surface area contributed by atoms with Gasteiger partial charge in [-0.05, 0) is 37.6 Å². The van der Waals surface area contributed by atoms with Crippen molar-refractivity contribution < 1.29 is 18.9 Å². The minimum atomic E-state index is -0.516. The molecule has 0 fully saturated rings. The highest BCUT2D eigenvalue weighted by molar-refractivity contribution is 7.99. The molecular formula is C18H26FN6O2S+. The van der Waals surface area contributed by atoms with Crippen LogP contribution in [0.3, 0.4) is 0 Å². The van der Waals surface area contributed by atoms with E-state index in [0.717, 1.165) is 23.1 Å². The van der Waals surface area contributed by atoms with E-state index in [0.29, 0.717) is 23.2 Å². The summed E-state index contributed by atoms with van der Waals surface area (Å²) < 4.78 is 15.2. The first-order valence-corrected chi connectivity index (χ1v) is 10.0. The van der Waals surface area contributed by atoms with E-state index in [1.165, 1.54) is 12.1 Å². The van der Waals surface area contributed by atoms with Gasteiger partial charge in [0.2, 0.25) is 5.91 Å². The third kappa shape index (κ3) is 5.77. The van der Waals surface area contributed by atoms with Gasteiger partial charge in [0.25, 0.3) is 0 Å². The van der Waals surface area contributed by atoms with Gasteiger partial charge in [0.05, 0.1) is 19.8 Å². The van der Waals surface area contributed by atoms with Crippen LogP contribution in [0.2, 0.25) is 0 Å². The number of aromatic nitrogens is 3. The lowest BCUT2D eigenvalue weighted by molar-refractivity contribution is -0.890. The van der Waals surface area contributed by atoms with Gasteiger partial charge in [0.1, 0.15) is 11.9 Å². The summed E-state index contributed by atoms with van der Waals surface area (Å²) in [6.07, 6.45) is 0.784. The van der Waals surface area contributed by atoms with E-state index < -0.39 is 11.9 Å². The molecule has 0 unspecified atom stereocenters. The van der Waals surface area contributed by atoms with E-state index in [9.17, 15) is 14.0 Å². The Morgan fingerprint density at radius 3 is 2.54 bits per heavy atom. The van der Waals surface area contributed by atoms with Gasteiger partial charge in [-0.25, -0.2) is 9.18 Å². The summed E-state index contributed by atoms with van der Waals surface area (Å²) in [5, 5.41) is 13.9. The Balaban J connectivity index is 2.19. The Kier molecular flexibility index (Phi) is 7.94. The van der Waals surface area contributed by atoms with Gasteiger partial charge in [-0.15, -0.1) is 10.2 Å². The van der Waals surface area contributed by atoms with Crippen LogP contribution in [0.25, 0.3) is 5.69 Å². The van der Waals surface area contributed by atoms with Crippen molar-refractivity contribution in [2.75, 3.05) is 26.4 Å². The number of thioether (sulfide) groups is 1. The van der Waals surface area contributed by atoms with Crippen molar-refractivity contribution in [1.82, 2.24) is 25.4 Å². The maximum atomic E-state index is 13.3. The summed E-state index contributed by atoms with van der Waals surface area (Å²) in [5.41, 5.74) is 0.707. The van der Waals surface area contributed by atoms with Crippen LogP contribution in [0, 0.1) is 5.82 Å². The zero-order chi connectivity index (χ0) is 20.7. The molecule has 28 heavy (non-hydrogen) atoms. The Labute approximate surface area is 167 Å². The van der Waals surface area contributed by atoms with Crippen LogP contribution in [0.15, 0.2) is 29.4 Å². The largest absolute Gasteiger partial charge is 0.338 e. The van der Waals surface area contributed by atoms with Gasteiger partial charge in [-0.2, -0.15) is 0 Å². The minimum absolute atomic E-state index is 0.00206. The molecule has 3 N–H and O–H groups in total. The van der Waals surface area contributed by atoms with Crippen molar-refractivity contribution in [3.05, 3.63) is 35.9 Å². The predicted molar refractivity (Wildman–Crippen MR) is 105 cm³/mol. The number of nitrogens with zero attached hydrogens (tertiary/aromatic N) is 3. The highest BCUT2D eigenvalue weighted by Crippen LogP contribution is 2.24. The second-order valence-electron chi connectivity index (χ2n) is 6.54. The molecule has 1 aromatic heterocycles. The first kappa shape index (κ1) is 21.8. The zero-order valence-corrected chi connectivity index (χ0v) is 17.3. The summed E-state index contributed by atoms with van der Waals surface area (Å²) in [6, 6.07) is 5.53. The minimum Gasteiger partial charge on any atom is -0.338 e. The molecule has 10 heteroatoms. The lowest BCUT2D eigenvalue weighted by atomic mass is 10.2. The summed E-state index contributed by atoms with van der Waals surface area (Å²) in [7, 11) is 4.01. The van der Waals surface area contributed by atoms with Crippen LogP contribution in [0.1, 0.15) is 32.1 Å². The molecule has 8 nitrogen and oxygen atoms in total. The van der Waals surface area contributed by atoms with Crippen LogP contribution in [-0.2, 0) is 4.79 Å². The van der Waals surface area contributed by atoms with Crippen LogP contribution in [0.5, 0.6) is 0 Å². The highest BCUT2D eigenvalue weighted by Gasteiger charge is 2.24. The number of halogens is 1. The summed E-state index contributed by atoms with van der Waals surface area (Å²) >= 11 is 1.16. The van der Waals surface area contributed by atoms with Crippen molar-refractivity contribution >= 4 is 23.7 Å². The third-order valence-electron chi connectivity index (χ3n) is 4.12. The molecule has 0 saturated heterocycles. The summed E-state index contributed by atoms with van der Waals surface area (Å²) in [5.74, 6) is -0.0612. The average Bonchev–Trinajstić information content (AvgIpc) is 3.08. The van der Waals surface area contributed by atoms with Gasteiger partial charge in [0, 0.05) is 12.2 Å². The van der Waals surface area contributed by atoms with Gasteiger partial charge >= 0.3 is 6.03 Å². The number of imide groups is 1. The van der Waals surface area contributed by atoms with Crippen molar-refractivity contribution in [2.45, 2.75) is 31.5 Å². The van der Waals surface area contributed by atoms with Crippen LogP contribution >= 0.6 is 11.8 Å². The van der Waals surface area contributed by atoms with Crippen molar-refractivity contribution in [3.63, 3.8) is 0 Å². The summed E-state index contributed by atoms with van der Waals surface area (Å²) in [4.78, 5) is 24.8. The number of amides is 3. The number of quaternary nitrogens is 1. The summed E-state index contributed by atoms with van der Waals surface area (Å²) in [6.45, 7) is 4.44. The first-order chi connectivity index (χ1) is 13.3. The highest BCUT2D eigenvalue weighted by atomic mass is 32.2. The molecule has 1 atom stereocenters. The van der Waals surface area contributed by atoms with E-state index in [1.54, 1.807) is 12.1 Å². The lowest BCUT2D eigenvalue weighted by Gasteiger charge is -2.18. The smallest absolute Gasteiger partial charge is 0.321 e. The molecular weight excluding hydrogens is 383 g/mol. The Bertz CT molecular complexity index is 809. The van der Waals surface area contributed by atoms with Crippen molar-refractivity contribution in [2.24, 2.45) is 0 Å². The number of hydrogen-bond donors (Lipinski definition) is 3. The molecule has 2 aromatic rings. The first-order valence-electron chi connectivity index (χ1n) is 9.05. The van der Waals surface area contributed by atoms with E-state index in [2.05, 4.69) is 20.8 Å². The fourth-order valence-corrected chi connectivity index (χ4v) is 3.08. The molecule has 1 heterocycles. The van der Waals surface area contributed by atoms with E-state index in [4.69, 9.17) is 0 Å². The fourth-order valence-electron chi connectivity index (χ4n) is 2.32. The van der Waals surface area contributed by atoms with Gasteiger partial charge in [-0.3, -0.25) is 14.7 Å². The number of nitrogens with one attached hydrogen (secondary N) is 3. The molecule has 3 amide bonds. The lowest BCUT2D eigenvalue weighted by Crippen LogP contribution is -3.05. The monoisotopic (exact) mass is 409 g/mol. The topological polar surface area (TPSA) is 93.3 Å². The maximum Gasteiger partial charge on any atom is 0.321 e. The third-order valence-corrected chi connectivity index (χ3v) is 5.05. The van der Waals surface area contributed by atoms with Gasteiger partial charge in [-0.1, -0.05) is 18.7 Å². The second-order valence-corrected chi connectivity index (χ2v) is 7.49. The number of carbonyl (C=O) groups is 2. The molecule has 0 aliphatic carbocycles. The molecule has 152 valence electrons. The quantitative estimate of drug-likeness (QED) is 0.565. The Morgan fingerprint density at radius 2 is 1.93 bits per heavy atom. The van der Waals surface area contributed by atoms with Gasteiger partial charge < -0.3 is 10.2 Å². The molecule has 1 aromatic carbocycles. The van der Waals surface area contributed by atoms with E-state index >= 15 is 0 Å². The predicted octanol–water partition coefficient (Wildman–Crippen LogP) is 0.940. The van der Waals surface area contributed by atoms with Crippen molar-refractivity contribution in [3.8, 4) is 5.69 Å².